The lowest BCUT2D eigenvalue weighted by Gasteiger charge is -2.09. The van der Waals surface area contributed by atoms with E-state index in [1.807, 2.05) is 50.5 Å². The molecule has 0 N–H and O–H groups in total. The smallest absolute Gasteiger partial charge is 0.338 e. The Morgan fingerprint density at radius 3 is 2.44 bits per heavy atom. The molecule has 5 heteroatoms. The maximum atomic E-state index is 12.5. The highest BCUT2D eigenvalue weighted by Crippen LogP contribution is 2.17. The van der Waals surface area contributed by atoms with Crippen LogP contribution in [0.1, 0.15) is 43.2 Å². The molecule has 1 aromatic carbocycles. The van der Waals surface area contributed by atoms with E-state index in [1.165, 1.54) is 0 Å². The topological polar surface area (TPSA) is 57.5 Å². The summed E-state index contributed by atoms with van der Waals surface area (Å²) in [6.45, 7) is 8.59. The Balaban J connectivity index is 2.07. The highest BCUT2D eigenvalue weighted by Gasteiger charge is 2.18. The van der Waals surface area contributed by atoms with Crippen molar-refractivity contribution in [2.24, 2.45) is 0 Å². The summed E-state index contributed by atoms with van der Waals surface area (Å²) in [5, 5.41) is 0. The Labute approximate surface area is 148 Å². The molecule has 0 unspecified atom stereocenters. The van der Waals surface area contributed by atoms with Gasteiger partial charge in [-0.25, -0.2) is 4.79 Å². The number of nitrogens with zero attached hydrogens (tertiary/aromatic N) is 1. The summed E-state index contributed by atoms with van der Waals surface area (Å²) >= 11 is 0. The van der Waals surface area contributed by atoms with Gasteiger partial charge in [0.2, 0.25) is 5.78 Å². The zero-order valence-electron chi connectivity index (χ0n) is 15.5. The predicted molar refractivity (Wildman–Crippen MR) is 96.3 cm³/mol. The minimum absolute atomic E-state index is 0.199. The van der Waals surface area contributed by atoms with Gasteiger partial charge < -0.3 is 14.0 Å². The van der Waals surface area contributed by atoms with Crippen molar-refractivity contribution in [2.45, 2.75) is 34.2 Å². The molecule has 0 spiro atoms. The second kappa shape index (κ2) is 8.12. The number of esters is 1. The van der Waals surface area contributed by atoms with Gasteiger partial charge in [-0.3, -0.25) is 4.79 Å². The molecule has 0 atom stereocenters. The third-order valence-electron chi connectivity index (χ3n) is 4.34. The molecule has 2 aromatic rings. The van der Waals surface area contributed by atoms with Crippen molar-refractivity contribution in [2.75, 3.05) is 20.3 Å². The van der Waals surface area contributed by atoms with E-state index in [0.29, 0.717) is 24.3 Å². The van der Waals surface area contributed by atoms with Crippen molar-refractivity contribution >= 4 is 11.8 Å². The standard InChI is InChI=1S/C20H25NO4/c1-13-6-7-14(2)17(10-13)20(23)25-12-19(22)18-11-15(3)21(16(18)4)8-9-24-5/h6-7,10-11H,8-9,12H2,1-5H3. The molecule has 0 saturated heterocycles. The highest BCUT2D eigenvalue weighted by atomic mass is 16.5. The van der Waals surface area contributed by atoms with Gasteiger partial charge >= 0.3 is 5.97 Å². The van der Waals surface area contributed by atoms with Crippen LogP contribution in [0.5, 0.6) is 0 Å². The Morgan fingerprint density at radius 1 is 1.04 bits per heavy atom. The lowest BCUT2D eigenvalue weighted by molar-refractivity contribution is 0.0473. The molecule has 0 aliphatic carbocycles. The van der Waals surface area contributed by atoms with Gasteiger partial charge in [-0.1, -0.05) is 17.7 Å². The Kier molecular flexibility index (Phi) is 6.15. The molecular formula is C20H25NO4. The molecule has 134 valence electrons. The van der Waals surface area contributed by atoms with Gasteiger partial charge in [-0.05, 0) is 45.4 Å². The number of benzene rings is 1. The van der Waals surface area contributed by atoms with Crippen LogP contribution in [-0.2, 0) is 16.0 Å². The first-order valence-electron chi connectivity index (χ1n) is 8.28. The van der Waals surface area contributed by atoms with Gasteiger partial charge in [0.25, 0.3) is 0 Å². The van der Waals surface area contributed by atoms with Crippen LogP contribution in [0.2, 0.25) is 0 Å². The summed E-state index contributed by atoms with van der Waals surface area (Å²) < 4.78 is 12.4. The zero-order chi connectivity index (χ0) is 18.6. The van der Waals surface area contributed by atoms with E-state index in [4.69, 9.17) is 9.47 Å². The molecule has 0 bridgehead atoms. The quantitative estimate of drug-likeness (QED) is 0.571. The van der Waals surface area contributed by atoms with Crippen molar-refractivity contribution in [3.63, 3.8) is 0 Å². The molecule has 0 fully saturated rings. The molecule has 1 aromatic heterocycles. The fourth-order valence-corrected chi connectivity index (χ4v) is 2.85. The molecule has 0 aliphatic heterocycles. The summed E-state index contributed by atoms with van der Waals surface area (Å²) in [6, 6.07) is 7.42. The Morgan fingerprint density at radius 2 is 1.76 bits per heavy atom. The first-order valence-corrected chi connectivity index (χ1v) is 8.28. The van der Waals surface area contributed by atoms with E-state index < -0.39 is 5.97 Å². The third-order valence-corrected chi connectivity index (χ3v) is 4.34. The average Bonchev–Trinajstić information content (AvgIpc) is 2.87. The summed E-state index contributed by atoms with van der Waals surface area (Å²) in [6.07, 6.45) is 0. The fourth-order valence-electron chi connectivity index (χ4n) is 2.85. The fraction of sp³-hybridized carbons (Fsp3) is 0.400. The minimum atomic E-state index is -0.470. The van der Waals surface area contributed by atoms with E-state index in [9.17, 15) is 9.59 Å². The molecule has 0 amide bonds. The molecule has 5 nitrogen and oxygen atoms in total. The maximum Gasteiger partial charge on any atom is 0.338 e. The predicted octanol–water partition coefficient (Wildman–Crippen LogP) is 3.41. The lowest BCUT2D eigenvalue weighted by atomic mass is 10.1. The van der Waals surface area contributed by atoms with Crippen LogP contribution in [0.3, 0.4) is 0 Å². The molecule has 2 rings (SSSR count). The molecular weight excluding hydrogens is 318 g/mol. The number of hydrogen-bond acceptors (Lipinski definition) is 4. The largest absolute Gasteiger partial charge is 0.454 e. The van der Waals surface area contributed by atoms with Gasteiger partial charge in [0, 0.05) is 30.6 Å². The van der Waals surface area contributed by atoms with Crippen molar-refractivity contribution in [1.82, 2.24) is 4.57 Å². The number of aryl methyl sites for hydroxylation is 3. The number of aromatic nitrogens is 1. The second-order valence-corrected chi connectivity index (χ2v) is 6.25. The van der Waals surface area contributed by atoms with Crippen LogP contribution in [0.15, 0.2) is 24.3 Å². The van der Waals surface area contributed by atoms with Crippen LogP contribution < -0.4 is 0 Å². The summed E-state index contributed by atoms with van der Waals surface area (Å²) in [4.78, 5) is 24.7. The molecule has 0 radical (unpaired) electrons. The van der Waals surface area contributed by atoms with Gasteiger partial charge in [0.15, 0.2) is 6.61 Å². The first-order chi connectivity index (χ1) is 11.8. The summed E-state index contributed by atoms with van der Waals surface area (Å²) in [5.74, 6) is -0.668. The minimum Gasteiger partial charge on any atom is -0.454 e. The number of carbonyl (C=O) groups is 2. The van der Waals surface area contributed by atoms with Crippen LogP contribution in [0.25, 0.3) is 0 Å². The van der Waals surface area contributed by atoms with Crippen molar-refractivity contribution in [1.29, 1.82) is 0 Å². The summed E-state index contributed by atoms with van der Waals surface area (Å²) in [5.41, 5.74) is 4.74. The number of carbonyl (C=O) groups excluding carboxylic acids is 2. The number of ether oxygens (including phenoxy) is 2. The Bertz CT molecular complexity index is 789. The average molecular weight is 343 g/mol. The number of methoxy groups -OCH3 is 1. The summed E-state index contributed by atoms with van der Waals surface area (Å²) in [7, 11) is 1.65. The highest BCUT2D eigenvalue weighted by molar-refractivity contribution is 6.00. The van der Waals surface area contributed by atoms with Crippen molar-refractivity contribution in [3.05, 3.63) is 57.9 Å². The maximum absolute atomic E-state index is 12.5. The number of ketones is 1. The monoisotopic (exact) mass is 343 g/mol. The van der Waals surface area contributed by atoms with Crippen LogP contribution in [0.4, 0.5) is 0 Å². The van der Waals surface area contributed by atoms with E-state index in [1.54, 1.807) is 13.2 Å². The van der Waals surface area contributed by atoms with E-state index in [0.717, 1.165) is 22.5 Å². The second-order valence-electron chi connectivity index (χ2n) is 6.25. The van der Waals surface area contributed by atoms with Crippen molar-refractivity contribution in [3.8, 4) is 0 Å². The third kappa shape index (κ3) is 4.37. The van der Waals surface area contributed by atoms with Gasteiger partial charge in [-0.15, -0.1) is 0 Å². The normalized spacial score (nSPS) is 10.8. The van der Waals surface area contributed by atoms with Crippen LogP contribution in [-0.4, -0.2) is 36.6 Å². The zero-order valence-corrected chi connectivity index (χ0v) is 15.5. The van der Waals surface area contributed by atoms with Crippen LogP contribution in [0, 0.1) is 27.7 Å². The van der Waals surface area contributed by atoms with E-state index in [-0.39, 0.29) is 12.4 Å². The first kappa shape index (κ1) is 18.9. The molecule has 1 heterocycles. The molecule has 25 heavy (non-hydrogen) atoms. The van der Waals surface area contributed by atoms with E-state index in [2.05, 4.69) is 0 Å². The van der Waals surface area contributed by atoms with Gasteiger partial charge in [0.05, 0.1) is 12.2 Å². The van der Waals surface area contributed by atoms with Gasteiger partial charge in [-0.2, -0.15) is 0 Å². The number of Topliss-reactive ketones (excluding diaryl/α,β-unsaturated/α-hetero) is 1. The number of hydrogen-bond donors (Lipinski definition) is 0. The Hall–Kier alpha value is -2.40. The van der Waals surface area contributed by atoms with Gasteiger partial charge in [0.1, 0.15) is 0 Å². The number of rotatable bonds is 7. The molecule has 0 aliphatic rings. The van der Waals surface area contributed by atoms with Crippen LogP contribution >= 0.6 is 0 Å². The van der Waals surface area contributed by atoms with Crippen molar-refractivity contribution < 1.29 is 19.1 Å². The lowest BCUT2D eigenvalue weighted by Crippen LogP contribution is -2.16. The SMILES string of the molecule is COCCn1c(C)cc(C(=O)COC(=O)c2cc(C)ccc2C)c1C. The molecule has 0 saturated carbocycles. The van der Waals surface area contributed by atoms with E-state index >= 15 is 0 Å².